The van der Waals surface area contributed by atoms with E-state index >= 15 is 0 Å². The van der Waals surface area contributed by atoms with Crippen LogP contribution in [0.2, 0.25) is 0 Å². The second kappa shape index (κ2) is 42.0. The van der Waals surface area contributed by atoms with Crippen molar-refractivity contribution in [3.63, 3.8) is 0 Å². The average Bonchev–Trinajstić information content (AvgIpc) is 3.19. The van der Waals surface area contributed by atoms with Gasteiger partial charge in [-0.1, -0.05) is 197 Å². The van der Waals surface area contributed by atoms with E-state index in [2.05, 4.69) is 62.5 Å². The van der Waals surface area contributed by atoms with Gasteiger partial charge in [-0.3, -0.25) is 9.59 Å². The molecule has 2 atom stereocenters. The molecular weight excluding hydrogens is 739 g/mol. The van der Waals surface area contributed by atoms with E-state index in [1.54, 1.807) is 21.1 Å². The first-order valence-electron chi connectivity index (χ1n) is 24.2. The van der Waals surface area contributed by atoms with E-state index in [4.69, 9.17) is 14.2 Å². The topological polar surface area (TPSA) is 102 Å². The summed E-state index contributed by atoms with van der Waals surface area (Å²) in [5.41, 5.74) is 0. The van der Waals surface area contributed by atoms with Gasteiger partial charge in [0.25, 0.3) is 0 Å². The number of quaternary nitrogens is 1. The molecule has 0 aliphatic heterocycles. The van der Waals surface area contributed by atoms with Crippen LogP contribution in [0.25, 0.3) is 0 Å². The van der Waals surface area contributed by atoms with Crippen LogP contribution in [0.3, 0.4) is 0 Å². The Labute approximate surface area is 363 Å². The molecule has 0 aliphatic rings. The van der Waals surface area contributed by atoms with Crippen molar-refractivity contribution >= 4 is 17.9 Å². The molecule has 0 spiro atoms. The lowest BCUT2D eigenvalue weighted by Crippen LogP contribution is -2.55. The number of ether oxygens (including phenoxy) is 3. The largest absolute Gasteiger partial charge is 0.544 e. The lowest BCUT2D eigenvalue weighted by Gasteiger charge is -2.34. The van der Waals surface area contributed by atoms with Crippen LogP contribution >= 0.6 is 0 Å². The summed E-state index contributed by atoms with van der Waals surface area (Å²) in [4.78, 5) is 37.0. The van der Waals surface area contributed by atoms with E-state index in [-0.39, 0.29) is 42.7 Å². The van der Waals surface area contributed by atoms with Crippen molar-refractivity contribution in [2.24, 2.45) is 0 Å². The Balaban J connectivity index is 4.33. The zero-order valence-electron chi connectivity index (χ0n) is 38.9. The van der Waals surface area contributed by atoms with Gasteiger partial charge in [-0.05, 0) is 38.5 Å². The van der Waals surface area contributed by atoms with Crippen LogP contribution in [0.1, 0.15) is 206 Å². The molecule has 0 bridgehead atoms. The molecule has 0 aromatic rings. The Morgan fingerprint density at radius 1 is 0.508 bits per heavy atom. The Morgan fingerprint density at radius 2 is 0.898 bits per heavy atom. The van der Waals surface area contributed by atoms with E-state index in [1.807, 2.05) is 0 Å². The molecule has 8 heteroatoms. The third-order valence-corrected chi connectivity index (χ3v) is 10.8. The number of rotatable bonds is 43. The van der Waals surface area contributed by atoms with Gasteiger partial charge in [0, 0.05) is 19.3 Å². The van der Waals surface area contributed by atoms with E-state index in [0.29, 0.717) is 12.8 Å². The SMILES string of the molecule is CCCCC/C=C/C=C/C=C/C=C/CCCCCCCC(=O)OCC(COCCC(C(=O)[O-])[N+](C)(C)C)OC(=O)CCCCCCCCCCCCCCCCCCC. The molecule has 0 saturated heterocycles. The second-order valence-electron chi connectivity index (χ2n) is 17.4. The summed E-state index contributed by atoms with van der Waals surface area (Å²) in [6.45, 7) is 4.62. The number of hydrogen-bond donors (Lipinski definition) is 0. The van der Waals surface area contributed by atoms with Gasteiger partial charge in [-0.25, -0.2) is 0 Å². The lowest BCUT2D eigenvalue weighted by atomic mass is 10.0. The van der Waals surface area contributed by atoms with Gasteiger partial charge in [0.05, 0.1) is 40.3 Å². The summed E-state index contributed by atoms with van der Waals surface area (Å²) in [5, 5.41) is 11.6. The smallest absolute Gasteiger partial charge is 0.306 e. The van der Waals surface area contributed by atoms with Gasteiger partial charge < -0.3 is 28.6 Å². The number of nitrogens with zero attached hydrogens (tertiary/aromatic N) is 1. The molecule has 0 aromatic carbocycles. The summed E-state index contributed by atoms with van der Waals surface area (Å²) in [6, 6.07) is -0.729. The van der Waals surface area contributed by atoms with Crippen molar-refractivity contribution in [3.8, 4) is 0 Å². The van der Waals surface area contributed by atoms with Crippen LogP contribution in [0, 0.1) is 0 Å². The predicted octanol–water partition coefficient (Wildman–Crippen LogP) is 12.3. The van der Waals surface area contributed by atoms with E-state index < -0.39 is 18.1 Å². The maximum absolute atomic E-state index is 12.8. The Bertz CT molecular complexity index is 1110. The summed E-state index contributed by atoms with van der Waals surface area (Å²) in [5.74, 6) is -1.76. The van der Waals surface area contributed by atoms with E-state index in [1.165, 1.54) is 109 Å². The molecule has 0 aromatic heterocycles. The number of allylic oxidation sites excluding steroid dienone is 8. The first-order valence-corrected chi connectivity index (χ1v) is 24.2. The molecule has 59 heavy (non-hydrogen) atoms. The van der Waals surface area contributed by atoms with Crippen LogP contribution < -0.4 is 5.11 Å². The first kappa shape index (κ1) is 56.3. The third kappa shape index (κ3) is 40.5. The Hall–Kier alpha value is -2.71. The number of likely N-dealkylation sites (N-methyl/N-ethyl adjacent to an activating group) is 1. The van der Waals surface area contributed by atoms with Crippen molar-refractivity contribution < 1.29 is 38.2 Å². The van der Waals surface area contributed by atoms with E-state index in [9.17, 15) is 19.5 Å². The molecule has 0 heterocycles. The fraction of sp³-hybridized carbons (Fsp3) is 0.784. The van der Waals surface area contributed by atoms with Gasteiger partial charge >= 0.3 is 11.9 Å². The van der Waals surface area contributed by atoms with Gasteiger partial charge in [-0.15, -0.1) is 0 Å². The molecule has 0 rings (SSSR count). The molecule has 342 valence electrons. The van der Waals surface area contributed by atoms with Gasteiger partial charge in [-0.2, -0.15) is 0 Å². The molecule has 8 nitrogen and oxygen atoms in total. The highest BCUT2D eigenvalue weighted by molar-refractivity contribution is 5.70. The average molecular weight is 830 g/mol. The minimum absolute atomic E-state index is 0.0342. The molecule has 0 radical (unpaired) electrons. The lowest BCUT2D eigenvalue weighted by molar-refractivity contribution is -0.889. The van der Waals surface area contributed by atoms with Crippen LogP contribution in [-0.4, -0.2) is 75.5 Å². The molecule has 0 aliphatic carbocycles. The Kier molecular flexibility index (Phi) is 40.1. The summed E-state index contributed by atoms with van der Waals surface area (Å²) in [7, 11) is 5.41. The van der Waals surface area contributed by atoms with Crippen LogP contribution in [0.5, 0.6) is 0 Å². The number of esters is 2. The summed E-state index contributed by atoms with van der Waals surface area (Å²) in [6.07, 6.45) is 49.8. The van der Waals surface area contributed by atoms with Crippen molar-refractivity contribution in [2.45, 2.75) is 219 Å². The van der Waals surface area contributed by atoms with Crippen LogP contribution in [0.15, 0.2) is 48.6 Å². The summed E-state index contributed by atoms with van der Waals surface area (Å²) >= 11 is 0. The normalized spacial score (nSPS) is 13.3. The number of carbonyl (C=O) groups is 3. The highest BCUT2D eigenvalue weighted by Crippen LogP contribution is 2.15. The van der Waals surface area contributed by atoms with Crippen LogP contribution in [0.4, 0.5) is 0 Å². The number of aliphatic carboxylic acids is 1. The number of carboxylic acids is 1. The van der Waals surface area contributed by atoms with Gasteiger partial charge in [0.15, 0.2) is 6.10 Å². The number of carbonyl (C=O) groups excluding carboxylic acids is 3. The van der Waals surface area contributed by atoms with E-state index in [0.717, 1.165) is 64.2 Å². The molecule has 0 N–H and O–H groups in total. The van der Waals surface area contributed by atoms with Crippen molar-refractivity contribution in [1.82, 2.24) is 0 Å². The summed E-state index contributed by atoms with van der Waals surface area (Å²) < 4.78 is 17.2. The zero-order chi connectivity index (χ0) is 43.5. The third-order valence-electron chi connectivity index (χ3n) is 10.8. The number of hydrogen-bond acceptors (Lipinski definition) is 7. The van der Waals surface area contributed by atoms with Crippen molar-refractivity contribution in [1.29, 1.82) is 0 Å². The number of carboxylic acid groups (broad SMARTS) is 1. The van der Waals surface area contributed by atoms with Gasteiger partial charge in [0.1, 0.15) is 12.6 Å². The minimum Gasteiger partial charge on any atom is -0.544 e. The van der Waals surface area contributed by atoms with Crippen LogP contribution in [-0.2, 0) is 28.6 Å². The molecule has 2 unspecified atom stereocenters. The second-order valence-corrected chi connectivity index (χ2v) is 17.4. The molecular formula is C51H91NO7. The van der Waals surface area contributed by atoms with Crippen molar-refractivity contribution in [3.05, 3.63) is 48.6 Å². The van der Waals surface area contributed by atoms with Crippen molar-refractivity contribution in [2.75, 3.05) is 41.0 Å². The highest BCUT2D eigenvalue weighted by atomic mass is 16.6. The fourth-order valence-corrected chi connectivity index (χ4v) is 7.02. The first-order chi connectivity index (χ1) is 28.6. The molecule has 0 fully saturated rings. The fourth-order valence-electron chi connectivity index (χ4n) is 7.02. The highest BCUT2D eigenvalue weighted by Gasteiger charge is 2.25. The maximum atomic E-state index is 12.8. The molecule has 0 saturated carbocycles. The standard InChI is InChI=1S/C51H91NO7/c1-6-8-10-12-14-16-18-20-22-24-26-27-29-31-33-35-37-39-41-49(53)58-46-47(45-57-44-43-48(51(55)56)52(3,4)5)59-50(54)42-40-38-36-34-32-30-28-25-23-21-19-17-15-13-11-9-7-2/h14,16,18,20,22,24,26-27,47-48H,6-13,15,17,19,21,23,25,28-46H2,1-5H3/b16-14+,20-18+,24-22+,27-26+. The minimum atomic E-state index is -1.13. The Morgan fingerprint density at radius 3 is 1.36 bits per heavy atom. The molecule has 0 amide bonds. The number of unbranched alkanes of at least 4 members (excludes halogenated alkanes) is 24. The maximum Gasteiger partial charge on any atom is 0.306 e. The van der Waals surface area contributed by atoms with Gasteiger partial charge in [0.2, 0.25) is 0 Å². The predicted molar refractivity (Wildman–Crippen MR) is 245 cm³/mol. The monoisotopic (exact) mass is 830 g/mol. The quantitative estimate of drug-likeness (QED) is 0.0261. The zero-order valence-corrected chi connectivity index (χ0v) is 38.9.